The average molecular weight is 435 g/mol. The molecule has 3 aromatic rings. The van der Waals surface area contributed by atoms with Crippen molar-refractivity contribution in [2.75, 3.05) is 19.8 Å². The van der Waals surface area contributed by atoms with Gasteiger partial charge in [-0.1, -0.05) is 12.1 Å². The summed E-state index contributed by atoms with van der Waals surface area (Å²) in [5.41, 5.74) is 1.21. The van der Waals surface area contributed by atoms with Crippen molar-refractivity contribution in [1.29, 1.82) is 0 Å². The van der Waals surface area contributed by atoms with Gasteiger partial charge in [-0.25, -0.2) is 9.07 Å². The van der Waals surface area contributed by atoms with Gasteiger partial charge in [0, 0.05) is 18.2 Å². The van der Waals surface area contributed by atoms with E-state index in [2.05, 4.69) is 5.10 Å². The third kappa shape index (κ3) is 3.84. The fraction of sp³-hybridized carbons (Fsp3) is 0.292. The van der Waals surface area contributed by atoms with Gasteiger partial charge in [-0.2, -0.15) is 5.10 Å². The van der Waals surface area contributed by atoms with Crippen LogP contribution in [-0.4, -0.2) is 46.4 Å². The van der Waals surface area contributed by atoms with E-state index in [4.69, 9.17) is 9.47 Å². The van der Waals surface area contributed by atoms with Crippen molar-refractivity contribution in [1.82, 2.24) is 14.7 Å². The monoisotopic (exact) mass is 435 g/mol. The van der Waals surface area contributed by atoms with Crippen LogP contribution in [0.2, 0.25) is 0 Å². The first-order valence-corrected chi connectivity index (χ1v) is 10.6. The summed E-state index contributed by atoms with van der Waals surface area (Å²) >= 11 is 0. The van der Waals surface area contributed by atoms with Crippen molar-refractivity contribution >= 4 is 5.91 Å². The molecule has 2 aliphatic rings. The van der Waals surface area contributed by atoms with Gasteiger partial charge in [0.05, 0.1) is 23.8 Å². The third-order valence-electron chi connectivity index (χ3n) is 5.83. The van der Waals surface area contributed by atoms with Crippen LogP contribution in [-0.2, 0) is 6.54 Å². The van der Waals surface area contributed by atoms with Crippen LogP contribution in [0.4, 0.5) is 4.39 Å². The van der Waals surface area contributed by atoms with Crippen LogP contribution in [0.25, 0.3) is 11.3 Å². The van der Waals surface area contributed by atoms with Crippen molar-refractivity contribution in [2.45, 2.75) is 25.4 Å². The number of fused-ring (bicyclic) bond motifs is 1. The van der Waals surface area contributed by atoms with Crippen molar-refractivity contribution in [3.8, 4) is 22.8 Å². The van der Waals surface area contributed by atoms with Gasteiger partial charge in [0.15, 0.2) is 11.5 Å². The Kier molecular flexibility index (Phi) is 5.34. The summed E-state index contributed by atoms with van der Waals surface area (Å²) in [6, 6.07) is 14.4. The Labute approximate surface area is 184 Å². The van der Waals surface area contributed by atoms with Crippen LogP contribution in [0.5, 0.6) is 11.5 Å². The second-order valence-corrected chi connectivity index (χ2v) is 7.87. The molecule has 0 unspecified atom stereocenters. The van der Waals surface area contributed by atoms with Crippen LogP contribution >= 0.6 is 0 Å². The van der Waals surface area contributed by atoms with E-state index in [1.807, 2.05) is 18.2 Å². The smallest absolute Gasteiger partial charge is 0.266 e. The molecule has 32 heavy (non-hydrogen) atoms. The number of benzene rings is 2. The summed E-state index contributed by atoms with van der Waals surface area (Å²) in [7, 11) is 0. The number of hydrogen-bond donors (Lipinski definition) is 0. The lowest BCUT2D eigenvalue weighted by Gasteiger charge is -2.25. The Hall–Kier alpha value is -3.68. The Bertz CT molecular complexity index is 1230. The van der Waals surface area contributed by atoms with Gasteiger partial charge in [-0.05, 0) is 49.2 Å². The normalized spacial score (nSPS) is 17.4. The lowest BCUT2D eigenvalue weighted by atomic mass is 10.1. The van der Waals surface area contributed by atoms with E-state index in [1.165, 1.54) is 22.9 Å². The topological polar surface area (TPSA) is 73.7 Å². The molecule has 0 spiro atoms. The zero-order valence-corrected chi connectivity index (χ0v) is 17.4. The molecule has 2 aromatic carbocycles. The largest absolute Gasteiger partial charge is 0.486 e. The zero-order chi connectivity index (χ0) is 22.1. The highest BCUT2D eigenvalue weighted by molar-refractivity contribution is 5.94. The van der Waals surface area contributed by atoms with Crippen LogP contribution in [0.15, 0.2) is 59.4 Å². The number of aromatic nitrogens is 2. The van der Waals surface area contributed by atoms with E-state index < -0.39 is 5.82 Å². The Balaban J connectivity index is 1.40. The number of amides is 1. The standard InChI is InChI=1S/C24H22FN3O4/c25-19-6-2-1-5-18(19)24(30)27-11-3-4-17(27)15-28-23(29)10-8-20(26-28)16-7-9-21-22(14-16)32-13-12-31-21/h1-2,5-10,14,17H,3-4,11-13,15H2/t17-/m0/s1. The predicted octanol–water partition coefficient (Wildman–Crippen LogP) is 3.13. The molecule has 1 saturated heterocycles. The SMILES string of the molecule is O=C(c1ccccc1F)N1CCC[C@H]1Cn1nc(-c2ccc3c(c2)OCCO3)ccc1=O. The Morgan fingerprint density at radius 3 is 2.72 bits per heavy atom. The molecule has 0 aliphatic carbocycles. The highest BCUT2D eigenvalue weighted by Crippen LogP contribution is 2.33. The number of ether oxygens (including phenoxy) is 2. The number of hydrogen-bond acceptors (Lipinski definition) is 5. The number of carbonyl (C=O) groups is 1. The molecule has 1 aromatic heterocycles. The minimum Gasteiger partial charge on any atom is -0.486 e. The number of likely N-dealkylation sites (tertiary alicyclic amines) is 1. The van der Waals surface area contributed by atoms with Gasteiger partial charge >= 0.3 is 0 Å². The highest BCUT2D eigenvalue weighted by atomic mass is 19.1. The van der Waals surface area contributed by atoms with Crippen molar-refractivity contribution < 1.29 is 18.7 Å². The maximum atomic E-state index is 14.1. The molecule has 2 aliphatic heterocycles. The van der Waals surface area contributed by atoms with E-state index in [9.17, 15) is 14.0 Å². The van der Waals surface area contributed by atoms with Crippen molar-refractivity contribution in [3.05, 3.63) is 76.3 Å². The molecule has 164 valence electrons. The van der Waals surface area contributed by atoms with Gasteiger partial charge in [0.25, 0.3) is 11.5 Å². The summed E-state index contributed by atoms with van der Waals surface area (Å²) in [4.78, 5) is 27.1. The lowest BCUT2D eigenvalue weighted by Crippen LogP contribution is -2.40. The maximum absolute atomic E-state index is 14.1. The number of rotatable bonds is 4. The molecule has 7 nitrogen and oxygen atoms in total. The van der Waals surface area contributed by atoms with E-state index in [-0.39, 0.29) is 29.6 Å². The number of carbonyl (C=O) groups excluding carboxylic acids is 1. The first kappa shape index (κ1) is 20.2. The van der Waals surface area contributed by atoms with Crippen molar-refractivity contribution in [3.63, 3.8) is 0 Å². The van der Waals surface area contributed by atoms with E-state index in [0.29, 0.717) is 37.0 Å². The quantitative estimate of drug-likeness (QED) is 0.630. The summed E-state index contributed by atoms with van der Waals surface area (Å²) in [6.45, 7) is 1.77. The van der Waals surface area contributed by atoms with Crippen LogP contribution in [0, 0.1) is 5.82 Å². The van der Waals surface area contributed by atoms with Gasteiger partial charge in [0.1, 0.15) is 19.0 Å². The first-order valence-electron chi connectivity index (χ1n) is 10.6. The van der Waals surface area contributed by atoms with E-state index >= 15 is 0 Å². The Morgan fingerprint density at radius 2 is 1.88 bits per heavy atom. The second-order valence-electron chi connectivity index (χ2n) is 7.87. The number of nitrogens with zero attached hydrogens (tertiary/aromatic N) is 3. The fourth-order valence-corrected chi connectivity index (χ4v) is 4.22. The zero-order valence-electron chi connectivity index (χ0n) is 17.4. The fourth-order valence-electron chi connectivity index (χ4n) is 4.22. The highest BCUT2D eigenvalue weighted by Gasteiger charge is 2.31. The van der Waals surface area contributed by atoms with E-state index in [1.54, 1.807) is 23.1 Å². The van der Waals surface area contributed by atoms with Gasteiger partial charge in [0.2, 0.25) is 0 Å². The second kappa shape index (κ2) is 8.45. The molecular weight excluding hydrogens is 413 g/mol. The molecule has 0 saturated carbocycles. The maximum Gasteiger partial charge on any atom is 0.266 e. The molecule has 8 heteroatoms. The van der Waals surface area contributed by atoms with Crippen LogP contribution < -0.4 is 15.0 Å². The molecule has 1 fully saturated rings. The van der Waals surface area contributed by atoms with Crippen LogP contribution in [0.3, 0.4) is 0 Å². The molecule has 0 bridgehead atoms. The first-order chi connectivity index (χ1) is 15.6. The molecule has 1 atom stereocenters. The van der Waals surface area contributed by atoms with E-state index in [0.717, 1.165) is 18.4 Å². The molecule has 0 radical (unpaired) electrons. The minimum absolute atomic E-state index is 0.0461. The van der Waals surface area contributed by atoms with Gasteiger partial charge in [-0.3, -0.25) is 9.59 Å². The summed E-state index contributed by atoms with van der Waals surface area (Å²) in [5, 5.41) is 4.53. The molecule has 0 N–H and O–H groups in total. The molecule has 5 rings (SSSR count). The Morgan fingerprint density at radius 1 is 1.06 bits per heavy atom. The summed E-state index contributed by atoms with van der Waals surface area (Å²) in [5.74, 6) is 0.424. The van der Waals surface area contributed by atoms with Crippen LogP contribution in [0.1, 0.15) is 23.2 Å². The van der Waals surface area contributed by atoms with Crippen molar-refractivity contribution in [2.24, 2.45) is 0 Å². The predicted molar refractivity (Wildman–Crippen MR) is 115 cm³/mol. The lowest BCUT2D eigenvalue weighted by molar-refractivity contribution is 0.0715. The molecule has 1 amide bonds. The number of halogens is 1. The van der Waals surface area contributed by atoms with Gasteiger partial charge < -0.3 is 14.4 Å². The average Bonchev–Trinajstić information content (AvgIpc) is 3.28. The molecule has 3 heterocycles. The summed E-state index contributed by atoms with van der Waals surface area (Å²) < 4.78 is 26.7. The molecular formula is C24H22FN3O4. The third-order valence-corrected chi connectivity index (χ3v) is 5.83. The van der Waals surface area contributed by atoms with Gasteiger partial charge in [-0.15, -0.1) is 0 Å². The summed E-state index contributed by atoms with van der Waals surface area (Å²) in [6.07, 6.45) is 1.52. The minimum atomic E-state index is -0.543.